The molecule has 96 valence electrons. The van der Waals surface area contributed by atoms with Crippen LogP contribution in [0.4, 0.5) is 22.0 Å². The van der Waals surface area contributed by atoms with Gasteiger partial charge in [-0.1, -0.05) is 6.07 Å². The minimum Gasteiger partial charge on any atom is -0.484 e. The zero-order valence-corrected chi connectivity index (χ0v) is 8.60. The van der Waals surface area contributed by atoms with Gasteiger partial charge in [0.2, 0.25) is 0 Å². The van der Waals surface area contributed by atoms with Gasteiger partial charge in [-0.2, -0.15) is 8.78 Å². The zero-order valence-electron chi connectivity index (χ0n) is 8.60. The van der Waals surface area contributed by atoms with Crippen LogP contribution in [-0.4, -0.2) is 19.0 Å². The van der Waals surface area contributed by atoms with Crippen molar-refractivity contribution in [1.29, 1.82) is 0 Å². The molecule has 0 spiro atoms. The fourth-order valence-corrected chi connectivity index (χ4v) is 1.03. The van der Waals surface area contributed by atoms with Crippen LogP contribution in [0, 0.1) is 5.82 Å². The molecule has 0 unspecified atom stereocenters. The Morgan fingerprint density at radius 2 is 1.94 bits per heavy atom. The molecule has 0 saturated heterocycles. The van der Waals surface area contributed by atoms with Crippen molar-refractivity contribution in [2.75, 3.05) is 6.61 Å². The highest BCUT2D eigenvalue weighted by Gasteiger charge is 2.41. The summed E-state index contributed by atoms with van der Waals surface area (Å²) < 4.78 is 66.1. The fourth-order valence-electron chi connectivity index (χ4n) is 1.03. The summed E-state index contributed by atoms with van der Waals surface area (Å²) in [7, 11) is 0. The maximum absolute atomic E-state index is 13.2. The molecule has 0 radical (unpaired) electrons. The first kappa shape index (κ1) is 13.7. The van der Waals surface area contributed by atoms with Gasteiger partial charge < -0.3 is 10.5 Å². The lowest BCUT2D eigenvalue weighted by molar-refractivity contribution is -0.148. The second kappa shape index (κ2) is 5.31. The Hall–Kier alpha value is -1.37. The zero-order chi connectivity index (χ0) is 13.1. The first-order valence-corrected chi connectivity index (χ1v) is 4.64. The van der Waals surface area contributed by atoms with E-state index in [1.807, 2.05) is 0 Å². The first-order valence-electron chi connectivity index (χ1n) is 4.64. The smallest absolute Gasteiger partial charge is 0.340 e. The Morgan fingerprint density at radius 1 is 1.29 bits per heavy atom. The summed E-state index contributed by atoms with van der Waals surface area (Å²) in [5.74, 6) is -5.74. The standard InChI is InChI=1S/C10H10F5NO/c11-7-3-6(4-16)1-2-8(7)17-5-10(14,15)9(12)13/h1-3,9H,4-5,16H2. The second-order valence-electron chi connectivity index (χ2n) is 3.32. The van der Waals surface area contributed by atoms with Crippen LogP contribution in [0.25, 0.3) is 0 Å². The average Bonchev–Trinajstić information content (AvgIpc) is 2.27. The largest absolute Gasteiger partial charge is 0.484 e. The van der Waals surface area contributed by atoms with Crippen LogP contribution < -0.4 is 10.5 Å². The molecule has 1 aromatic carbocycles. The van der Waals surface area contributed by atoms with Crippen LogP contribution in [0.15, 0.2) is 18.2 Å². The molecule has 0 aliphatic rings. The first-order chi connectivity index (χ1) is 7.86. The average molecular weight is 255 g/mol. The monoisotopic (exact) mass is 255 g/mol. The highest BCUT2D eigenvalue weighted by molar-refractivity contribution is 5.29. The van der Waals surface area contributed by atoms with Crippen molar-refractivity contribution in [3.63, 3.8) is 0 Å². The molecule has 0 aromatic heterocycles. The van der Waals surface area contributed by atoms with Crippen molar-refractivity contribution in [1.82, 2.24) is 0 Å². The number of hydrogen-bond acceptors (Lipinski definition) is 2. The van der Waals surface area contributed by atoms with Gasteiger partial charge in [0.1, 0.15) is 0 Å². The summed E-state index contributed by atoms with van der Waals surface area (Å²) in [5, 5.41) is 0. The van der Waals surface area contributed by atoms with Crippen LogP contribution in [0.2, 0.25) is 0 Å². The summed E-state index contributed by atoms with van der Waals surface area (Å²) >= 11 is 0. The number of rotatable bonds is 5. The van der Waals surface area contributed by atoms with Gasteiger partial charge in [0, 0.05) is 6.54 Å². The summed E-state index contributed by atoms with van der Waals surface area (Å²) in [6.07, 6.45) is -3.85. The Bertz CT molecular complexity index is 383. The van der Waals surface area contributed by atoms with E-state index >= 15 is 0 Å². The number of alkyl halides is 4. The third-order valence-corrected chi connectivity index (χ3v) is 1.97. The summed E-state index contributed by atoms with van der Waals surface area (Å²) in [6.45, 7) is -1.51. The molecule has 0 bridgehead atoms. The Labute approximate surface area is 94.2 Å². The number of benzene rings is 1. The van der Waals surface area contributed by atoms with E-state index in [2.05, 4.69) is 4.74 Å². The lowest BCUT2D eigenvalue weighted by Crippen LogP contribution is -2.33. The second-order valence-corrected chi connectivity index (χ2v) is 3.32. The van der Waals surface area contributed by atoms with Crippen molar-refractivity contribution in [2.24, 2.45) is 5.73 Å². The molecule has 0 saturated carbocycles. The quantitative estimate of drug-likeness (QED) is 0.821. The van der Waals surface area contributed by atoms with Gasteiger partial charge in [-0.25, -0.2) is 13.2 Å². The van der Waals surface area contributed by atoms with E-state index in [1.165, 1.54) is 6.07 Å². The van der Waals surface area contributed by atoms with E-state index in [0.717, 1.165) is 12.1 Å². The van der Waals surface area contributed by atoms with Crippen LogP contribution in [0.5, 0.6) is 5.75 Å². The van der Waals surface area contributed by atoms with E-state index in [-0.39, 0.29) is 6.54 Å². The van der Waals surface area contributed by atoms with Crippen molar-refractivity contribution in [3.8, 4) is 5.75 Å². The van der Waals surface area contributed by atoms with Gasteiger partial charge in [0.25, 0.3) is 0 Å². The lowest BCUT2D eigenvalue weighted by atomic mass is 10.2. The Balaban J connectivity index is 2.70. The van der Waals surface area contributed by atoms with Crippen molar-refractivity contribution in [3.05, 3.63) is 29.6 Å². The number of halogens is 5. The van der Waals surface area contributed by atoms with Crippen LogP contribution in [-0.2, 0) is 6.54 Å². The molecule has 17 heavy (non-hydrogen) atoms. The highest BCUT2D eigenvalue weighted by Crippen LogP contribution is 2.25. The Kier molecular flexibility index (Phi) is 4.28. The molecule has 0 aliphatic carbocycles. The third-order valence-electron chi connectivity index (χ3n) is 1.97. The number of hydrogen-bond donors (Lipinski definition) is 1. The van der Waals surface area contributed by atoms with E-state index < -0.39 is 30.5 Å². The van der Waals surface area contributed by atoms with Crippen LogP contribution in [0.3, 0.4) is 0 Å². The minimum absolute atomic E-state index is 0.0738. The van der Waals surface area contributed by atoms with Crippen molar-refractivity contribution < 1.29 is 26.7 Å². The van der Waals surface area contributed by atoms with E-state index in [0.29, 0.717) is 5.56 Å². The van der Waals surface area contributed by atoms with Gasteiger partial charge >= 0.3 is 12.3 Å². The molecule has 2 nitrogen and oxygen atoms in total. The summed E-state index contributed by atoms with van der Waals surface area (Å²) in [5.41, 5.74) is 5.67. The van der Waals surface area contributed by atoms with Crippen molar-refractivity contribution in [2.45, 2.75) is 18.9 Å². The SMILES string of the molecule is NCc1ccc(OCC(F)(F)C(F)F)c(F)c1. The van der Waals surface area contributed by atoms with Crippen molar-refractivity contribution >= 4 is 0 Å². The molecule has 1 rings (SSSR count). The lowest BCUT2D eigenvalue weighted by Gasteiger charge is -2.16. The molecule has 0 amide bonds. The molecule has 1 aromatic rings. The number of ether oxygens (including phenoxy) is 1. The van der Waals surface area contributed by atoms with E-state index in [9.17, 15) is 22.0 Å². The highest BCUT2D eigenvalue weighted by atomic mass is 19.3. The van der Waals surface area contributed by atoms with Gasteiger partial charge in [-0.3, -0.25) is 0 Å². The maximum Gasteiger partial charge on any atom is 0.340 e. The predicted molar refractivity (Wildman–Crippen MR) is 50.7 cm³/mol. The van der Waals surface area contributed by atoms with Gasteiger partial charge in [0.05, 0.1) is 0 Å². The molecule has 0 atom stereocenters. The topological polar surface area (TPSA) is 35.2 Å². The minimum atomic E-state index is -4.31. The normalized spacial score (nSPS) is 11.9. The van der Waals surface area contributed by atoms with E-state index in [4.69, 9.17) is 5.73 Å². The van der Waals surface area contributed by atoms with Gasteiger partial charge in [-0.15, -0.1) is 0 Å². The molecular formula is C10H10F5NO. The fraction of sp³-hybridized carbons (Fsp3) is 0.400. The molecule has 0 fully saturated rings. The van der Waals surface area contributed by atoms with E-state index in [1.54, 1.807) is 0 Å². The molecule has 0 aliphatic heterocycles. The van der Waals surface area contributed by atoms with Gasteiger partial charge in [-0.05, 0) is 17.7 Å². The summed E-state index contributed by atoms with van der Waals surface area (Å²) in [4.78, 5) is 0. The Morgan fingerprint density at radius 3 is 2.41 bits per heavy atom. The maximum atomic E-state index is 13.2. The number of nitrogens with two attached hydrogens (primary N) is 1. The molecule has 7 heteroatoms. The van der Waals surface area contributed by atoms with Crippen LogP contribution >= 0.6 is 0 Å². The molecule has 0 heterocycles. The third kappa shape index (κ3) is 3.55. The van der Waals surface area contributed by atoms with Crippen LogP contribution in [0.1, 0.15) is 5.56 Å². The predicted octanol–water partition coefficient (Wildman–Crippen LogP) is 2.56. The molecule has 2 N–H and O–H groups in total. The summed E-state index contributed by atoms with van der Waals surface area (Å²) in [6, 6.07) is 3.42. The molecular weight excluding hydrogens is 245 g/mol. The van der Waals surface area contributed by atoms with Gasteiger partial charge in [0.15, 0.2) is 18.2 Å².